The lowest BCUT2D eigenvalue weighted by atomic mass is 10.2. The number of hydrogen-bond donors (Lipinski definition) is 1. The fraction of sp³-hybridized carbons (Fsp3) is 0.333. The Morgan fingerprint density at radius 2 is 2.31 bits per heavy atom. The minimum Gasteiger partial charge on any atom is -0.382 e. The maximum atomic E-state index is 13.2. The molecular weight excluding hydrogens is 235 g/mol. The summed E-state index contributed by atoms with van der Waals surface area (Å²) in [6, 6.07) is 3.33. The highest BCUT2D eigenvalue weighted by Crippen LogP contribution is 2.32. The Kier molecular flexibility index (Phi) is 2.15. The number of rotatable bonds is 0. The lowest BCUT2D eigenvalue weighted by Gasteiger charge is -2.28. The molecule has 1 aromatic rings. The molecule has 1 N–H and O–H groups in total. The van der Waals surface area contributed by atoms with E-state index >= 15 is 0 Å². The maximum Gasteiger partial charge on any atom is 0.139 e. The van der Waals surface area contributed by atoms with Gasteiger partial charge in [0.25, 0.3) is 0 Å². The molecule has 70 valence electrons. The van der Waals surface area contributed by atoms with Crippen LogP contribution in [-0.2, 0) is 0 Å². The molecule has 0 saturated heterocycles. The average molecular weight is 245 g/mol. The van der Waals surface area contributed by atoms with Crippen LogP contribution in [0.25, 0.3) is 0 Å². The largest absolute Gasteiger partial charge is 0.382 e. The molecule has 0 atom stereocenters. The van der Waals surface area contributed by atoms with E-state index in [1.165, 1.54) is 0 Å². The Labute approximate surface area is 84.9 Å². The number of halogens is 2. The smallest absolute Gasteiger partial charge is 0.139 e. The Balaban J connectivity index is 2.52. The van der Waals surface area contributed by atoms with Gasteiger partial charge in [0.2, 0.25) is 0 Å². The van der Waals surface area contributed by atoms with Crippen LogP contribution >= 0.6 is 15.9 Å². The zero-order chi connectivity index (χ0) is 9.42. The van der Waals surface area contributed by atoms with Crippen molar-refractivity contribution in [1.29, 1.82) is 0 Å². The first-order valence-electron chi connectivity index (χ1n) is 4.12. The Morgan fingerprint density at radius 1 is 1.54 bits per heavy atom. The molecule has 13 heavy (non-hydrogen) atoms. The fourth-order valence-corrected chi connectivity index (χ4v) is 1.82. The standard InChI is InChI=1S/C9H10BrFN2/c1-13-3-2-12-8-4-6(10)7(11)5-9(8)13/h4-5,12H,2-3H2,1H3. The Hall–Kier alpha value is -0.770. The van der Waals surface area contributed by atoms with Crippen LogP contribution in [0.1, 0.15) is 0 Å². The van der Waals surface area contributed by atoms with Crippen molar-refractivity contribution in [2.45, 2.75) is 0 Å². The molecule has 0 radical (unpaired) electrons. The van der Waals surface area contributed by atoms with Crippen molar-refractivity contribution in [2.75, 3.05) is 30.4 Å². The van der Waals surface area contributed by atoms with Crippen molar-refractivity contribution in [3.63, 3.8) is 0 Å². The monoisotopic (exact) mass is 244 g/mol. The SMILES string of the molecule is CN1CCNc2cc(Br)c(F)cc21. The molecule has 0 amide bonds. The van der Waals surface area contributed by atoms with E-state index < -0.39 is 0 Å². The average Bonchev–Trinajstić information content (AvgIpc) is 2.09. The van der Waals surface area contributed by atoms with E-state index in [0.29, 0.717) is 4.47 Å². The number of nitrogens with zero attached hydrogens (tertiary/aromatic N) is 1. The van der Waals surface area contributed by atoms with Gasteiger partial charge in [0, 0.05) is 26.2 Å². The first-order chi connectivity index (χ1) is 6.18. The number of anilines is 2. The number of benzene rings is 1. The third-order valence-electron chi connectivity index (χ3n) is 2.21. The molecule has 0 fully saturated rings. The van der Waals surface area contributed by atoms with E-state index in [2.05, 4.69) is 21.2 Å². The van der Waals surface area contributed by atoms with Crippen LogP contribution in [0.4, 0.5) is 15.8 Å². The highest BCUT2D eigenvalue weighted by Gasteiger charge is 2.15. The molecule has 1 aliphatic rings. The van der Waals surface area contributed by atoms with Crippen LogP contribution in [0.2, 0.25) is 0 Å². The van der Waals surface area contributed by atoms with Crippen molar-refractivity contribution >= 4 is 27.3 Å². The third kappa shape index (κ3) is 1.50. The van der Waals surface area contributed by atoms with Gasteiger partial charge >= 0.3 is 0 Å². The van der Waals surface area contributed by atoms with Gasteiger partial charge in [-0.05, 0) is 22.0 Å². The molecule has 0 aromatic heterocycles. The summed E-state index contributed by atoms with van der Waals surface area (Å²) in [6.45, 7) is 1.82. The van der Waals surface area contributed by atoms with Gasteiger partial charge in [-0.3, -0.25) is 0 Å². The molecule has 1 heterocycles. The third-order valence-corrected chi connectivity index (χ3v) is 2.82. The van der Waals surface area contributed by atoms with Crippen LogP contribution in [0.5, 0.6) is 0 Å². The van der Waals surface area contributed by atoms with Crippen molar-refractivity contribution in [3.05, 3.63) is 22.4 Å². The van der Waals surface area contributed by atoms with Crippen molar-refractivity contribution in [3.8, 4) is 0 Å². The van der Waals surface area contributed by atoms with Crippen molar-refractivity contribution in [1.82, 2.24) is 0 Å². The van der Waals surface area contributed by atoms with Crippen LogP contribution in [0.3, 0.4) is 0 Å². The van der Waals surface area contributed by atoms with Crippen LogP contribution in [0.15, 0.2) is 16.6 Å². The quantitative estimate of drug-likeness (QED) is 0.755. The number of hydrogen-bond acceptors (Lipinski definition) is 2. The van der Waals surface area contributed by atoms with Gasteiger partial charge < -0.3 is 10.2 Å². The molecule has 0 aliphatic carbocycles. The summed E-state index contributed by atoms with van der Waals surface area (Å²) in [7, 11) is 1.97. The molecule has 4 heteroatoms. The Bertz CT molecular complexity index is 341. The van der Waals surface area contributed by atoms with E-state index in [0.717, 1.165) is 24.5 Å². The summed E-state index contributed by atoms with van der Waals surface area (Å²) < 4.78 is 13.7. The van der Waals surface area contributed by atoms with Gasteiger partial charge in [0.15, 0.2) is 0 Å². The van der Waals surface area contributed by atoms with E-state index in [-0.39, 0.29) is 5.82 Å². The summed E-state index contributed by atoms with van der Waals surface area (Å²) in [4.78, 5) is 2.04. The van der Waals surface area contributed by atoms with Gasteiger partial charge in [0.1, 0.15) is 5.82 Å². The first-order valence-corrected chi connectivity index (χ1v) is 4.92. The summed E-state index contributed by atoms with van der Waals surface area (Å²) in [5.41, 5.74) is 1.91. The molecule has 1 aromatic carbocycles. The lowest BCUT2D eigenvalue weighted by Crippen LogP contribution is -2.30. The second kappa shape index (κ2) is 3.18. The molecule has 0 saturated carbocycles. The second-order valence-electron chi connectivity index (χ2n) is 3.13. The zero-order valence-corrected chi connectivity index (χ0v) is 8.86. The molecule has 2 nitrogen and oxygen atoms in total. The molecule has 0 unspecified atom stereocenters. The molecule has 2 rings (SSSR count). The topological polar surface area (TPSA) is 15.3 Å². The van der Waals surface area contributed by atoms with Gasteiger partial charge in [-0.25, -0.2) is 4.39 Å². The first kappa shape index (κ1) is 8.81. The minimum atomic E-state index is -0.214. The van der Waals surface area contributed by atoms with Crippen molar-refractivity contribution in [2.24, 2.45) is 0 Å². The fourth-order valence-electron chi connectivity index (χ4n) is 1.47. The predicted octanol–water partition coefficient (Wildman–Crippen LogP) is 2.45. The summed E-state index contributed by atoms with van der Waals surface area (Å²) in [6.07, 6.45) is 0. The van der Waals surface area contributed by atoms with Crippen molar-refractivity contribution < 1.29 is 4.39 Å². The Morgan fingerprint density at radius 3 is 3.08 bits per heavy atom. The van der Waals surface area contributed by atoms with Crippen LogP contribution < -0.4 is 10.2 Å². The molecule has 0 spiro atoms. The van der Waals surface area contributed by atoms with E-state index in [1.54, 1.807) is 12.1 Å². The van der Waals surface area contributed by atoms with Gasteiger partial charge in [-0.1, -0.05) is 0 Å². The lowest BCUT2D eigenvalue weighted by molar-refractivity contribution is 0.620. The van der Waals surface area contributed by atoms with E-state index in [9.17, 15) is 4.39 Å². The normalized spacial score (nSPS) is 15.2. The minimum absolute atomic E-state index is 0.214. The number of likely N-dealkylation sites (N-methyl/N-ethyl adjacent to an activating group) is 1. The van der Waals surface area contributed by atoms with E-state index in [1.807, 2.05) is 11.9 Å². The highest BCUT2D eigenvalue weighted by molar-refractivity contribution is 9.10. The highest BCUT2D eigenvalue weighted by atomic mass is 79.9. The van der Waals surface area contributed by atoms with Gasteiger partial charge in [-0.2, -0.15) is 0 Å². The number of fused-ring (bicyclic) bond motifs is 1. The maximum absolute atomic E-state index is 13.2. The second-order valence-corrected chi connectivity index (χ2v) is 3.99. The summed E-state index contributed by atoms with van der Waals surface area (Å²) in [5, 5.41) is 3.22. The predicted molar refractivity (Wildman–Crippen MR) is 55.9 cm³/mol. The van der Waals surface area contributed by atoms with E-state index in [4.69, 9.17) is 0 Å². The molecule has 1 aliphatic heterocycles. The van der Waals surface area contributed by atoms with Gasteiger partial charge in [-0.15, -0.1) is 0 Å². The molecular formula is C9H10BrFN2. The molecule has 0 bridgehead atoms. The summed E-state index contributed by atoms with van der Waals surface area (Å²) >= 11 is 3.16. The zero-order valence-electron chi connectivity index (χ0n) is 7.27. The van der Waals surface area contributed by atoms with Crippen LogP contribution in [0, 0.1) is 5.82 Å². The number of nitrogens with one attached hydrogen (secondary N) is 1. The van der Waals surface area contributed by atoms with Crippen LogP contribution in [-0.4, -0.2) is 20.1 Å². The van der Waals surface area contributed by atoms with Gasteiger partial charge in [0.05, 0.1) is 15.8 Å². The summed E-state index contributed by atoms with van der Waals surface area (Å²) in [5.74, 6) is -0.214.